The first kappa shape index (κ1) is 12.6. The lowest BCUT2D eigenvalue weighted by Gasteiger charge is -2.02. The highest BCUT2D eigenvalue weighted by molar-refractivity contribution is 7.86. The average Bonchev–Trinajstić information content (AvgIpc) is 2.14. The van der Waals surface area contributed by atoms with Gasteiger partial charge in [-0.2, -0.15) is 13.7 Å². The molecule has 7 nitrogen and oxygen atoms in total. The van der Waals surface area contributed by atoms with E-state index in [0.29, 0.717) is 0 Å². The maximum absolute atomic E-state index is 10.8. The Bertz CT molecular complexity index is 340. The molecule has 0 spiro atoms. The van der Waals surface area contributed by atoms with E-state index in [-0.39, 0.29) is 0 Å². The molecule has 0 unspecified atom stereocenters. The first-order chi connectivity index (χ1) is 6.52. The fourth-order valence-corrected chi connectivity index (χ4v) is 0.827. The van der Waals surface area contributed by atoms with Crippen molar-refractivity contribution in [3.05, 3.63) is 12.7 Å². The Morgan fingerprint density at radius 1 is 1.57 bits per heavy atom. The third-order valence-electron chi connectivity index (χ3n) is 0.787. The van der Waals surface area contributed by atoms with Crippen LogP contribution in [0.15, 0.2) is 12.7 Å². The molecule has 0 aliphatic carbocycles. The van der Waals surface area contributed by atoms with Crippen molar-refractivity contribution in [2.75, 3.05) is 12.5 Å². The van der Waals surface area contributed by atoms with E-state index in [0.717, 1.165) is 6.08 Å². The minimum Gasteiger partial charge on any atom is -0.443 e. The van der Waals surface area contributed by atoms with Crippen molar-refractivity contribution in [3.63, 3.8) is 0 Å². The minimum absolute atomic E-state index is 0.547. The van der Waals surface area contributed by atoms with E-state index in [2.05, 4.69) is 20.5 Å². The van der Waals surface area contributed by atoms with Crippen molar-refractivity contribution in [2.45, 2.75) is 0 Å². The summed E-state index contributed by atoms with van der Waals surface area (Å²) in [6.07, 6.45) is 0.797. The highest BCUT2D eigenvalue weighted by Crippen LogP contribution is 1.95. The molecule has 0 saturated carbocycles. The van der Waals surface area contributed by atoms with Gasteiger partial charge in [0.1, 0.15) is 0 Å². The Labute approximate surface area is 80.5 Å². The van der Waals surface area contributed by atoms with Crippen LogP contribution in [0.25, 0.3) is 0 Å². The summed E-state index contributed by atoms with van der Waals surface area (Å²) >= 11 is 0. The lowest BCUT2D eigenvalue weighted by Crippen LogP contribution is -2.16. The molecule has 0 rings (SSSR count). The van der Waals surface area contributed by atoms with Gasteiger partial charge in [0.15, 0.2) is 6.61 Å². The molecular formula is C6H7NO6S. The number of carbonyl (C=O) groups excluding carboxylic acids is 1. The lowest BCUT2D eigenvalue weighted by atomic mass is 10.7. The number of hydrogen-bond acceptors (Lipinski definition) is 7. The van der Waals surface area contributed by atoms with E-state index in [1.165, 1.54) is 6.07 Å². The number of hydrogen-bond donors (Lipinski definition) is 0. The molecule has 0 bridgehead atoms. The number of ether oxygens (including phenoxy) is 1. The topological polar surface area (TPSA) is 103 Å². The normalized spacial score (nSPS) is 10.2. The van der Waals surface area contributed by atoms with E-state index in [9.17, 15) is 13.2 Å². The lowest BCUT2D eigenvalue weighted by molar-refractivity contribution is -0.190. The minimum atomic E-state index is -4.12. The smallest absolute Gasteiger partial charge is 0.331 e. The molecule has 0 atom stereocenters. The predicted octanol–water partition coefficient (Wildman–Crippen LogP) is -0.525. The van der Waals surface area contributed by atoms with Gasteiger partial charge in [-0.1, -0.05) is 6.58 Å². The molecule has 0 saturated heterocycles. The quantitative estimate of drug-likeness (QED) is 0.195. The molecule has 0 aliphatic rings. The van der Waals surface area contributed by atoms with Crippen LogP contribution in [-0.2, 0) is 28.9 Å². The summed E-state index contributed by atoms with van der Waals surface area (Å²) in [5, 5.41) is 7.97. The Morgan fingerprint density at radius 3 is 2.71 bits per heavy atom. The van der Waals surface area contributed by atoms with Gasteiger partial charge in [-0.3, -0.25) is 0 Å². The molecule has 0 N–H and O–H groups in total. The summed E-state index contributed by atoms with van der Waals surface area (Å²) in [5.74, 6) is -1.90. The third kappa shape index (κ3) is 6.13. The van der Waals surface area contributed by atoms with Crippen LogP contribution in [0, 0.1) is 11.3 Å². The van der Waals surface area contributed by atoms with Gasteiger partial charge in [0.05, 0.1) is 6.07 Å². The second-order valence-electron chi connectivity index (χ2n) is 1.83. The van der Waals surface area contributed by atoms with Crippen LogP contribution in [0.1, 0.15) is 0 Å². The molecule has 0 heterocycles. The van der Waals surface area contributed by atoms with Gasteiger partial charge >= 0.3 is 16.1 Å². The maximum atomic E-state index is 10.8. The van der Waals surface area contributed by atoms with Gasteiger partial charge in [-0.15, -0.1) is 4.33 Å². The van der Waals surface area contributed by atoms with Gasteiger partial charge in [0, 0.05) is 6.08 Å². The van der Waals surface area contributed by atoms with Gasteiger partial charge < -0.3 is 4.74 Å². The second kappa shape index (κ2) is 6.09. The highest BCUT2D eigenvalue weighted by atomic mass is 32.2. The number of carbonyl (C=O) groups is 1. The Balaban J connectivity index is 3.91. The van der Waals surface area contributed by atoms with E-state index >= 15 is 0 Å². The van der Waals surface area contributed by atoms with Gasteiger partial charge in [-0.05, 0) is 0 Å². The van der Waals surface area contributed by atoms with Crippen LogP contribution in [0.2, 0.25) is 0 Å². The van der Waals surface area contributed by atoms with Crippen molar-refractivity contribution in [2.24, 2.45) is 0 Å². The molecule has 0 aromatic carbocycles. The number of esters is 1. The van der Waals surface area contributed by atoms with Gasteiger partial charge in [0.25, 0.3) is 0 Å². The number of nitrogens with zero attached hydrogens (tertiary/aromatic N) is 1. The molecule has 78 valence electrons. The van der Waals surface area contributed by atoms with Crippen molar-refractivity contribution < 1.29 is 27.2 Å². The number of rotatable bonds is 6. The summed E-state index contributed by atoms with van der Waals surface area (Å²) in [4.78, 5) is 14.4. The molecular weight excluding hydrogens is 214 g/mol. The van der Waals surface area contributed by atoms with Crippen molar-refractivity contribution in [1.82, 2.24) is 0 Å². The van der Waals surface area contributed by atoms with Gasteiger partial charge in [0.2, 0.25) is 5.94 Å². The first-order valence-electron chi connectivity index (χ1n) is 3.22. The molecule has 8 heteroatoms. The largest absolute Gasteiger partial charge is 0.443 e. The maximum Gasteiger partial charge on any atom is 0.331 e. The second-order valence-corrected chi connectivity index (χ2v) is 3.32. The predicted molar refractivity (Wildman–Crippen MR) is 42.7 cm³/mol. The fourth-order valence-electron chi connectivity index (χ4n) is 0.333. The third-order valence-corrected chi connectivity index (χ3v) is 1.50. The van der Waals surface area contributed by atoms with Crippen molar-refractivity contribution >= 4 is 16.1 Å². The van der Waals surface area contributed by atoms with E-state index in [1.54, 1.807) is 0 Å². The molecule has 14 heavy (non-hydrogen) atoms. The summed E-state index contributed by atoms with van der Waals surface area (Å²) in [6, 6.07) is 1.48. The Morgan fingerprint density at radius 2 is 2.21 bits per heavy atom. The van der Waals surface area contributed by atoms with E-state index in [1.807, 2.05) is 0 Å². The SMILES string of the molecule is C=CC(=O)OCS(=O)(=O)OOCC#N. The molecule has 0 fully saturated rings. The summed E-state index contributed by atoms with van der Waals surface area (Å²) in [5.41, 5.74) is 0. The van der Waals surface area contributed by atoms with Gasteiger partial charge in [-0.25, -0.2) is 9.68 Å². The average molecular weight is 221 g/mol. The number of nitriles is 1. The summed E-state index contributed by atoms with van der Waals surface area (Å²) < 4.78 is 29.5. The zero-order chi connectivity index (χ0) is 11.0. The van der Waals surface area contributed by atoms with Crippen LogP contribution < -0.4 is 0 Å². The Kier molecular flexibility index (Phi) is 5.47. The molecule has 0 aromatic heterocycles. The molecule has 0 amide bonds. The monoisotopic (exact) mass is 221 g/mol. The highest BCUT2D eigenvalue weighted by Gasteiger charge is 2.14. The molecule has 0 radical (unpaired) electrons. The van der Waals surface area contributed by atoms with E-state index in [4.69, 9.17) is 5.26 Å². The van der Waals surface area contributed by atoms with Crippen LogP contribution in [0.3, 0.4) is 0 Å². The zero-order valence-corrected chi connectivity index (χ0v) is 7.82. The zero-order valence-electron chi connectivity index (χ0n) is 7.00. The fraction of sp³-hybridized carbons (Fsp3) is 0.333. The Hall–Kier alpha value is -1.43. The van der Waals surface area contributed by atoms with Crippen LogP contribution in [-0.4, -0.2) is 26.9 Å². The van der Waals surface area contributed by atoms with Crippen molar-refractivity contribution in [1.29, 1.82) is 5.26 Å². The van der Waals surface area contributed by atoms with E-state index < -0.39 is 28.6 Å². The van der Waals surface area contributed by atoms with Crippen molar-refractivity contribution in [3.8, 4) is 6.07 Å². The van der Waals surface area contributed by atoms with Crippen LogP contribution >= 0.6 is 0 Å². The summed E-state index contributed by atoms with van der Waals surface area (Å²) in [7, 11) is -4.12. The van der Waals surface area contributed by atoms with Crippen LogP contribution in [0.4, 0.5) is 0 Å². The first-order valence-corrected chi connectivity index (χ1v) is 4.79. The molecule has 0 aliphatic heterocycles. The standard InChI is InChI=1S/C6H7NO6S/c1-2-6(8)11-5-14(9,10)13-12-4-3-7/h2H,1,4-5H2. The summed E-state index contributed by atoms with van der Waals surface area (Å²) in [6.45, 7) is 2.51. The molecule has 0 aromatic rings. The van der Waals surface area contributed by atoms with Crippen LogP contribution in [0.5, 0.6) is 0 Å².